The van der Waals surface area contributed by atoms with Crippen LogP contribution in [0.5, 0.6) is 5.75 Å². The van der Waals surface area contributed by atoms with Crippen LogP contribution in [0.25, 0.3) is 0 Å². The molecule has 0 saturated carbocycles. The average Bonchev–Trinajstić information content (AvgIpc) is 2.81. The molecular weight excluding hydrogens is 308 g/mol. The summed E-state index contributed by atoms with van der Waals surface area (Å²) in [6, 6.07) is 6.03. The number of nitrogens with zero attached hydrogens (tertiary/aromatic N) is 3. The lowest BCUT2D eigenvalue weighted by molar-refractivity contribution is 0.295. The number of halogens is 1. The highest BCUT2D eigenvalue weighted by Crippen LogP contribution is 2.29. The molecule has 1 aromatic heterocycles. The quantitative estimate of drug-likeness (QED) is 0.885. The molecule has 0 fully saturated rings. The SMILES string of the molecule is CCNCc1cccc(Br)c1OCc1cn(C)nn1. The number of nitrogens with one attached hydrogen (secondary N) is 1. The van der Waals surface area contributed by atoms with Gasteiger partial charge >= 0.3 is 0 Å². The largest absolute Gasteiger partial charge is 0.486 e. The van der Waals surface area contributed by atoms with Gasteiger partial charge in [-0.2, -0.15) is 0 Å². The first-order valence-electron chi connectivity index (χ1n) is 6.16. The third-order valence-electron chi connectivity index (χ3n) is 2.63. The predicted molar refractivity (Wildman–Crippen MR) is 76.9 cm³/mol. The van der Waals surface area contributed by atoms with Gasteiger partial charge in [-0.15, -0.1) is 5.10 Å². The van der Waals surface area contributed by atoms with Crippen molar-refractivity contribution >= 4 is 15.9 Å². The van der Waals surface area contributed by atoms with Crippen molar-refractivity contribution in [3.05, 3.63) is 40.1 Å². The summed E-state index contributed by atoms with van der Waals surface area (Å²) in [6.45, 7) is 4.20. The fourth-order valence-corrected chi connectivity index (χ4v) is 2.24. The van der Waals surface area contributed by atoms with E-state index in [4.69, 9.17) is 4.74 Å². The summed E-state index contributed by atoms with van der Waals surface area (Å²) < 4.78 is 8.48. The second kappa shape index (κ2) is 6.68. The highest BCUT2D eigenvalue weighted by atomic mass is 79.9. The summed E-state index contributed by atoms with van der Waals surface area (Å²) in [5.74, 6) is 0.856. The molecule has 0 bridgehead atoms. The topological polar surface area (TPSA) is 52.0 Å². The lowest BCUT2D eigenvalue weighted by atomic mass is 10.2. The van der Waals surface area contributed by atoms with E-state index < -0.39 is 0 Å². The zero-order chi connectivity index (χ0) is 13.7. The molecule has 0 aliphatic carbocycles. The molecule has 2 rings (SSSR count). The summed E-state index contributed by atoms with van der Waals surface area (Å²) in [5.41, 5.74) is 1.94. The molecule has 0 amide bonds. The molecule has 0 unspecified atom stereocenters. The molecule has 0 radical (unpaired) electrons. The van der Waals surface area contributed by atoms with Gasteiger partial charge in [-0.3, -0.25) is 4.68 Å². The minimum atomic E-state index is 0.412. The molecule has 0 atom stereocenters. The van der Waals surface area contributed by atoms with Gasteiger partial charge in [0.25, 0.3) is 0 Å². The molecule has 0 aliphatic rings. The zero-order valence-corrected chi connectivity index (χ0v) is 12.6. The van der Waals surface area contributed by atoms with Crippen LogP contribution in [0.15, 0.2) is 28.9 Å². The average molecular weight is 325 g/mol. The highest BCUT2D eigenvalue weighted by molar-refractivity contribution is 9.10. The Kier molecular flexibility index (Phi) is 4.93. The van der Waals surface area contributed by atoms with Gasteiger partial charge in [-0.1, -0.05) is 24.3 Å². The van der Waals surface area contributed by atoms with Gasteiger partial charge in [0.1, 0.15) is 18.1 Å². The number of benzene rings is 1. The van der Waals surface area contributed by atoms with Gasteiger partial charge in [-0.25, -0.2) is 0 Å². The van der Waals surface area contributed by atoms with E-state index in [9.17, 15) is 0 Å². The lowest BCUT2D eigenvalue weighted by Crippen LogP contribution is -2.13. The molecule has 19 heavy (non-hydrogen) atoms. The van der Waals surface area contributed by atoms with E-state index in [0.717, 1.165) is 34.6 Å². The van der Waals surface area contributed by atoms with Crippen molar-refractivity contribution in [2.24, 2.45) is 7.05 Å². The van der Waals surface area contributed by atoms with Crippen LogP contribution in [0.4, 0.5) is 0 Å². The Morgan fingerprint density at radius 1 is 1.42 bits per heavy atom. The molecule has 0 spiro atoms. The van der Waals surface area contributed by atoms with Crippen molar-refractivity contribution in [3.8, 4) is 5.75 Å². The fraction of sp³-hybridized carbons (Fsp3) is 0.385. The molecule has 1 heterocycles. The van der Waals surface area contributed by atoms with E-state index >= 15 is 0 Å². The first kappa shape index (κ1) is 14.0. The number of aromatic nitrogens is 3. The molecule has 0 saturated heterocycles. The van der Waals surface area contributed by atoms with Crippen molar-refractivity contribution in [1.82, 2.24) is 20.3 Å². The molecule has 1 N–H and O–H groups in total. The minimum Gasteiger partial charge on any atom is -0.486 e. The Hall–Kier alpha value is -1.40. The van der Waals surface area contributed by atoms with Crippen LogP contribution >= 0.6 is 15.9 Å². The number of aryl methyl sites for hydroxylation is 1. The third-order valence-corrected chi connectivity index (χ3v) is 3.25. The predicted octanol–water partition coefficient (Wildman–Crippen LogP) is 2.27. The third kappa shape index (κ3) is 3.78. The van der Waals surface area contributed by atoms with Crippen LogP contribution < -0.4 is 10.1 Å². The maximum atomic E-state index is 5.86. The van der Waals surface area contributed by atoms with E-state index in [1.807, 2.05) is 25.4 Å². The molecule has 2 aromatic rings. The van der Waals surface area contributed by atoms with Gasteiger partial charge < -0.3 is 10.1 Å². The van der Waals surface area contributed by atoms with E-state index in [2.05, 4.69) is 44.5 Å². The summed E-state index contributed by atoms with van der Waals surface area (Å²) in [5, 5.41) is 11.2. The molecule has 6 heteroatoms. The summed E-state index contributed by atoms with van der Waals surface area (Å²) >= 11 is 3.52. The number of para-hydroxylation sites is 1. The monoisotopic (exact) mass is 324 g/mol. The molecule has 1 aromatic carbocycles. The fourth-order valence-electron chi connectivity index (χ4n) is 1.72. The van der Waals surface area contributed by atoms with Gasteiger partial charge in [0.05, 0.1) is 10.7 Å². The smallest absolute Gasteiger partial charge is 0.138 e. The normalized spacial score (nSPS) is 10.7. The van der Waals surface area contributed by atoms with Crippen molar-refractivity contribution in [2.45, 2.75) is 20.1 Å². The van der Waals surface area contributed by atoms with Gasteiger partial charge in [0.15, 0.2) is 0 Å². The van der Waals surface area contributed by atoms with Crippen LogP contribution in [-0.2, 0) is 20.2 Å². The van der Waals surface area contributed by atoms with Crippen LogP contribution in [0.2, 0.25) is 0 Å². The van der Waals surface area contributed by atoms with E-state index in [-0.39, 0.29) is 0 Å². The molecule has 102 valence electrons. The van der Waals surface area contributed by atoms with E-state index in [0.29, 0.717) is 6.61 Å². The second-order valence-corrected chi connectivity index (χ2v) is 5.03. The van der Waals surface area contributed by atoms with Crippen LogP contribution in [0, 0.1) is 0 Å². The first-order chi connectivity index (χ1) is 9.20. The summed E-state index contributed by atoms with van der Waals surface area (Å²) in [7, 11) is 1.84. The summed E-state index contributed by atoms with van der Waals surface area (Å²) in [4.78, 5) is 0. The lowest BCUT2D eigenvalue weighted by Gasteiger charge is -2.12. The van der Waals surface area contributed by atoms with Crippen molar-refractivity contribution in [1.29, 1.82) is 0 Å². The minimum absolute atomic E-state index is 0.412. The Labute approximate surface area is 121 Å². The maximum absolute atomic E-state index is 5.86. The van der Waals surface area contributed by atoms with Crippen molar-refractivity contribution in [2.75, 3.05) is 6.54 Å². The number of ether oxygens (including phenoxy) is 1. The van der Waals surface area contributed by atoms with Gasteiger partial charge in [0.2, 0.25) is 0 Å². The molecular formula is C13H17BrN4O. The standard InChI is InChI=1S/C13H17BrN4O/c1-3-15-7-10-5-4-6-12(14)13(10)19-9-11-8-18(2)17-16-11/h4-6,8,15H,3,7,9H2,1-2H3. The number of hydrogen-bond acceptors (Lipinski definition) is 4. The Balaban J connectivity index is 2.09. The maximum Gasteiger partial charge on any atom is 0.138 e. The molecule has 5 nitrogen and oxygen atoms in total. The Morgan fingerprint density at radius 2 is 2.26 bits per heavy atom. The summed E-state index contributed by atoms with van der Waals surface area (Å²) in [6.07, 6.45) is 1.85. The molecule has 0 aliphatic heterocycles. The van der Waals surface area contributed by atoms with Crippen LogP contribution in [0.3, 0.4) is 0 Å². The Morgan fingerprint density at radius 3 is 2.95 bits per heavy atom. The zero-order valence-electron chi connectivity index (χ0n) is 11.1. The number of hydrogen-bond donors (Lipinski definition) is 1. The van der Waals surface area contributed by atoms with Crippen molar-refractivity contribution < 1.29 is 4.74 Å². The van der Waals surface area contributed by atoms with E-state index in [1.54, 1.807) is 4.68 Å². The van der Waals surface area contributed by atoms with Crippen LogP contribution in [-0.4, -0.2) is 21.5 Å². The Bertz CT molecular complexity index is 541. The van der Waals surface area contributed by atoms with Crippen molar-refractivity contribution in [3.63, 3.8) is 0 Å². The van der Waals surface area contributed by atoms with Gasteiger partial charge in [0, 0.05) is 19.2 Å². The first-order valence-corrected chi connectivity index (χ1v) is 6.96. The highest BCUT2D eigenvalue weighted by Gasteiger charge is 2.09. The number of rotatable bonds is 6. The second-order valence-electron chi connectivity index (χ2n) is 4.18. The van der Waals surface area contributed by atoms with E-state index in [1.165, 1.54) is 0 Å². The van der Waals surface area contributed by atoms with Crippen LogP contribution in [0.1, 0.15) is 18.2 Å². The van der Waals surface area contributed by atoms with Gasteiger partial charge in [-0.05, 0) is 28.5 Å².